The lowest BCUT2D eigenvalue weighted by Gasteiger charge is -2.30. The molecule has 2 heterocycles. The normalized spacial score (nSPS) is 12.6. The molecule has 4 rings (SSSR count). The van der Waals surface area contributed by atoms with Crippen molar-refractivity contribution in [2.24, 2.45) is 0 Å². The van der Waals surface area contributed by atoms with Crippen LogP contribution in [0.15, 0.2) is 60.9 Å². The SMILES string of the molecule is N#Cc1ccc(-c2cncc3c2OCCN3C(=O)CCc2ccc(F)cc2)cc1. The first-order valence-electron chi connectivity index (χ1n) is 9.32. The first-order valence-corrected chi connectivity index (χ1v) is 9.32. The average Bonchev–Trinajstić information content (AvgIpc) is 2.78. The van der Waals surface area contributed by atoms with Gasteiger partial charge < -0.3 is 9.64 Å². The highest BCUT2D eigenvalue weighted by Crippen LogP contribution is 2.40. The highest BCUT2D eigenvalue weighted by atomic mass is 19.1. The molecule has 0 saturated heterocycles. The molecule has 0 saturated carbocycles. The minimum Gasteiger partial charge on any atom is -0.489 e. The summed E-state index contributed by atoms with van der Waals surface area (Å²) in [6, 6.07) is 15.5. The summed E-state index contributed by atoms with van der Waals surface area (Å²) in [7, 11) is 0. The average molecular weight is 387 g/mol. The zero-order valence-corrected chi connectivity index (χ0v) is 15.6. The number of anilines is 1. The van der Waals surface area contributed by atoms with Gasteiger partial charge in [0.1, 0.15) is 18.1 Å². The van der Waals surface area contributed by atoms with Crippen molar-refractivity contribution in [3.8, 4) is 22.9 Å². The maximum atomic E-state index is 13.1. The molecule has 0 atom stereocenters. The van der Waals surface area contributed by atoms with E-state index in [4.69, 9.17) is 10.00 Å². The van der Waals surface area contributed by atoms with Crippen molar-refractivity contribution in [3.05, 3.63) is 77.9 Å². The Morgan fingerprint density at radius 1 is 1.14 bits per heavy atom. The van der Waals surface area contributed by atoms with Crippen molar-refractivity contribution in [1.29, 1.82) is 5.26 Å². The van der Waals surface area contributed by atoms with Gasteiger partial charge in [-0.25, -0.2) is 4.39 Å². The lowest BCUT2D eigenvalue weighted by molar-refractivity contribution is -0.118. The zero-order valence-electron chi connectivity index (χ0n) is 15.6. The minimum absolute atomic E-state index is 0.0300. The van der Waals surface area contributed by atoms with Crippen LogP contribution >= 0.6 is 0 Å². The fraction of sp³-hybridized carbons (Fsp3) is 0.174. The van der Waals surface area contributed by atoms with Gasteiger partial charge in [0, 0.05) is 18.2 Å². The Labute approximate surface area is 168 Å². The molecule has 1 amide bonds. The summed E-state index contributed by atoms with van der Waals surface area (Å²) in [6.45, 7) is 0.844. The summed E-state index contributed by atoms with van der Waals surface area (Å²) >= 11 is 0. The van der Waals surface area contributed by atoms with E-state index in [9.17, 15) is 9.18 Å². The van der Waals surface area contributed by atoms with Crippen molar-refractivity contribution in [2.45, 2.75) is 12.8 Å². The van der Waals surface area contributed by atoms with E-state index >= 15 is 0 Å². The van der Waals surface area contributed by atoms with E-state index < -0.39 is 0 Å². The number of ether oxygens (including phenoxy) is 1. The zero-order chi connectivity index (χ0) is 20.2. The van der Waals surface area contributed by atoms with Crippen LogP contribution in [0.3, 0.4) is 0 Å². The van der Waals surface area contributed by atoms with Crippen LogP contribution in [0.4, 0.5) is 10.1 Å². The number of nitrogens with zero attached hydrogens (tertiary/aromatic N) is 3. The van der Waals surface area contributed by atoms with Crippen LogP contribution in [0.5, 0.6) is 5.75 Å². The first-order chi connectivity index (χ1) is 14.2. The highest BCUT2D eigenvalue weighted by molar-refractivity contribution is 5.97. The van der Waals surface area contributed by atoms with Crippen LogP contribution in [0.2, 0.25) is 0 Å². The molecular formula is C23H18FN3O2. The molecule has 2 aromatic carbocycles. The number of aryl methyl sites for hydroxylation is 1. The molecule has 5 nitrogen and oxygen atoms in total. The Morgan fingerprint density at radius 3 is 2.62 bits per heavy atom. The molecule has 0 fully saturated rings. The van der Waals surface area contributed by atoms with Gasteiger partial charge in [0.15, 0.2) is 5.75 Å². The number of halogens is 1. The highest BCUT2D eigenvalue weighted by Gasteiger charge is 2.26. The van der Waals surface area contributed by atoms with Crippen LogP contribution in [-0.2, 0) is 11.2 Å². The second-order valence-electron chi connectivity index (χ2n) is 6.74. The molecular weight excluding hydrogens is 369 g/mol. The quantitative estimate of drug-likeness (QED) is 0.676. The molecule has 0 unspecified atom stereocenters. The van der Waals surface area contributed by atoms with Crippen LogP contribution in [0.25, 0.3) is 11.1 Å². The molecule has 6 heteroatoms. The third-order valence-electron chi connectivity index (χ3n) is 4.90. The van der Waals surface area contributed by atoms with E-state index in [0.29, 0.717) is 43.0 Å². The molecule has 0 spiro atoms. The standard InChI is InChI=1S/C23H18FN3O2/c24-19-8-3-16(4-9-19)5-10-22(28)27-11-12-29-23-20(14-26-15-21(23)27)18-6-1-17(13-25)2-7-18/h1-4,6-9,14-15H,5,10-12H2. The number of nitriles is 1. The number of hydrogen-bond donors (Lipinski definition) is 0. The molecule has 144 valence electrons. The van der Waals surface area contributed by atoms with Crippen LogP contribution in [0, 0.1) is 17.1 Å². The summed E-state index contributed by atoms with van der Waals surface area (Å²) in [6.07, 6.45) is 4.19. The molecule has 1 aliphatic heterocycles. The van der Waals surface area contributed by atoms with Gasteiger partial charge in [-0.1, -0.05) is 24.3 Å². The summed E-state index contributed by atoms with van der Waals surface area (Å²) in [5.74, 6) is 0.298. The number of aromatic nitrogens is 1. The Balaban J connectivity index is 1.57. The Morgan fingerprint density at radius 2 is 1.90 bits per heavy atom. The van der Waals surface area contributed by atoms with Crippen LogP contribution < -0.4 is 9.64 Å². The monoisotopic (exact) mass is 387 g/mol. The van der Waals surface area contributed by atoms with E-state index in [0.717, 1.165) is 16.7 Å². The maximum absolute atomic E-state index is 13.1. The number of carbonyl (C=O) groups excluding carboxylic acids is 1. The van der Waals surface area contributed by atoms with Gasteiger partial charge in [0.2, 0.25) is 5.91 Å². The maximum Gasteiger partial charge on any atom is 0.227 e. The van der Waals surface area contributed by atoms with Crippen molar-refractivity contribution in [2.75, 3.05) is 18.1 Å². The van der Waals surface area contributed by atoms with Crippen LogP contribution in [0.1, 0.15) is 17.5 Å². The summed E-state index contributed by atoms with van der Waals surface area (Å²) < 4.78 is 18.9. The van der Waals surface area contributed by atoms with E-state index in [1.165, 1.54) is 12.1 Å². The van der Waals surface area contributed by atoms with Gasteiger partial charge in [-0.2, -0.15) is 5.26 Å². The van der Waals surface area contributed by atoms with Crippen LogP contribution in [-0.4, -0.2) is 24.0 Å². The number of benzene rings is 2. The number of pyridine rings is 1. The van der Waals surface area contributed by atoms with E-state index in [2.05, 4.69) is 11.1 Å². The minimum atomic E-state index is -0.288. The lowest BCUT2D eigenvalue weighted by atomic mass is 10.0. The first kappa shape index (κ1) is 18.6. The van der Waals surface area contributed by atoms with Gasteiger partial charge >= 0.3 is 0 Å². The fourth-order valence-electron chi connectivity index (χ4n) is 3.37. The molecule has 1 aliphatic rings. The Hall–Kier alpha value is -3.72. The molecule has 0 bridgehead atoms. The van der Waals surface area contributed by atoms with Crippen molar-refractivity contribution in [3.63, 3.8) is 0 Å². The molecule has 0 radical (unpaired) electrons. The number of fused-ring (bicyclic) bond motifs is 1. The summed E-state index contributed by atoms with van der Waals surface area (Å²) in [4.78, 5) is 18.9. The predicted octanol–water partition coefficient (Wildman–Crippen LogP) is 4.12. The van der Waals surface area contributed by atoms with Gasteiger partial charge in [-0.15, -0.1) is 0 Å². The molecule has 0 aliphatic carbocycles. The van der Waals surface area contributed by atoms with E-state index in [1.807, 2.05) is 12.1 Å². The molecule has 0 N–H and O–H groups in total. The molecule has 3 aromatic rings. The van der Waals surface area contributed by atoms with Gasteiger partial charge in [0.25, 0.3) is 0 Å². The smallest absolute Gasteiger partial charge is 0.227 e. The second-order valence-corrected chi connectivity index (χ2v) is 6.74. The van der Waals surface area contributed by atoms with Crippen molar-refractivity contribution in [1.82, 2.24) is 4.98 Å². The number of carbonyl (C=O) groups is 1. The fourth-order valence-corrected chi connectivity index (χ4v) is 3.37. The Kier molecular flexibility index (Phi) is 5.21. The molecule has 1 aromatic heterocycles. The summed E-state index contributed by atoms with van der Waals surface area (Å²) in [5.41, 5.74) is 3.78. The van der Waals surface area contributed by atoms with Crippen molar-refractivity contribution >= 4 is 11.6 Å². The van der Waals surface area contributed by atoms with Crippen molar-refractivity contribution < 1.29 is 13.9 Å². The third-order valence-corrected chi connectivity index (χ3v) is 4.90. The van der Waals surface area contributed by atoms with Gasteiger partial charge in [-0.05, 0) is 41.8 Å². The van der Waals surface area contributed by atoms with Gasteiger partial charge in [-0.3, -0.25) is 9.78 Å². The lowest BCUT2D eigenvalue weighted by Crippen LogP contribution is -2.38. The number of rotatable bonds is 4. The van der Waals surface area contributed by atoms with Gasteiger partial charge in [0.05, 0.1) is 24.4 Å². The summed E-state index contributed by atoms with van der Waals surface area (Å²) in [5, 5.41) is 8.98. The number of amides is 1. The molecule has 29 heavy (non-hydrogen) atoms. The largest absolute Gasteiger partial charge is 0.489 e. The predicted molar refractivity (Wildman–Crippen MR) is 107 cm³/mol. The third kappa shape index (κ3) is 3.94. The topological polar surface area (TPSA) is 66.2 Å². The number of hydrogen-bond acceptors (Lipinski definition) is 4. The van der Waals surface area contributed by atoms with E-state index in [-0.39, 0.29) is 11.7 Å². The van der Waals surface area contributed by atoms with E-state index in [1.54, 1.807) is 41.6 Å². The second kappa shape index (κ2) is 8.11. The Bertz CT molecular complexity index is 1070.